The molecule has 0 bridgehead atoms. The van der Waals surface area contributed by atoms with Crippen LogP contribution in [0.25, 0.3) is 0 Å². The zero-order chi connectivity index (χ0) is 42.0. The van der Waals surface area contributed by atoms with Crippen LogP contribution in [-0.4, -0.2) is 45.9 Å². The topological polar surface area (TPSA) is 105 Å². The molecule has 0 heterocycles. The van der Waals surface area contributed by atoms with Crippen molar-refractivity contribution in [2.75, 3.05) is 26.4 Å². The number of unbranched alkanes of at least 4 members (excludes halogenated alkanes) is 34. The van der Waals surface area contributed by atoms with Crippen LogP contribution in [0.2, 0.25) is 0 Å². The van der Waals surface area contributed by atoms with E-state index in [1.807, 2.05) is 0 Å². The first-order chi connectivity index (χ1) is 28.4. The Balaban J connectivity index is 2.19. The number of non-ortho nitro benzene ring substituents is 1. The van der Waals surface area contributed by atoms with Crippen LogP contribution < -0.4 is 0 Å². The van der Waals surface area contributed by atoms with Crippen LogP contribution in [0.15, 0.2) is 29.2 Å². The summed E-state index contributed by atoms with van der Waals surface area (Å²) >= 11 is 0. The largest absolute Gasteiger partial charge is 0.379 e. The number of ether oxygens (including phenoxy) is 2. The van der Waals surface area contributed by atoms with Gasteiger partial charge >= 0.3 is 0 Å². The van der Waals surface area contributed by atoms with E-state index in [4.69, 9.17) is 13.7 Å². The van der Waals surface area contributed by atoms with Gasteiger partial charge in [0.2, 0.25) is 0 Å². The minimum atomic E-state index is -4.18. The smallest absolute Gasteiger partial charge is 0.297 e. The summed E-state index contributed by atoms with van der Waals surface area (Å²) < 4.78 is 43.1. The van der Waals surface area contributed by atoms with Crippen LogP contribution in [0.1, 0.15) is 245 Å². The van der Waals surface area contributed by atoms with Gasteiger partial charge in [-0.2, -0.15) is 8.42 Å². The Labute approximate surface area is 358 Å². The van der Waals surface area contributed by atoms with Crippen molar-refractivity contribution in [1.82, 2.24) is 0 Å². The lowest BCUT2D eigenvalue weighted by molar-refractivity contribution is -0.385. The van der Waals surface area contributed by atoms with Crippen molar-refractivity contribution in [3.8, 4) is 0 Å². The standard InChI is InChI=1S/C49H91NO7S/c1-3-5-7-9-11-13-15-17-19-21-23-25-27-29-31-33-35-37-42-55-45-48(46-57-58(53,54)49-41-39-40-47(44-49)50(51)52)56-43-38-36-34-32-30-28-26-24-22-20-18-16-14-12-10-8-6-4-2/h39-41,44,48H,3-38,42-43,45-46H2,1-2H3/t48-/m1/s1. The summed E-state index contributed by atoms with van der Waals surface area (Å²) in [6, 6.07) is 4.95. The van der Waals surface area contributed by atoms with Gasteiger partial charge in [-0.1, -0.05) is 238 Å². The minimum Gasteiger partial charge on any atom is -0.379 e. The Morgan fingerprint density at radius 1 is 0.500 bits per heavy atom. The number of nitro benzene ring substituents is 1. The monoisotopic (exact) mass is 838 g/mol. The summed E-state index contributed by atoms with van der Waals surface area (Å²) in [5.41, 5.74) is -0.292. The SMILES string of the molecule is CCCCCCCCCCCCCCCCCCCCOC[C@H](COS(=O)(=O)c1cccc([N+](=O)[O-])c1)OCCCCCCCCCCCCCCCCCCCC. The van der Waals surface area contributed by atoms with Gasteiger partial charge < -0.3 is 9.47 Å². The van der Waals surface area contributed by atoms with Gasteiger partial charge in [-0.25, -0.2) is 0 Å². The molecule has 0 N–H and O–H groups in total. The van der Waals surface area contributed by atoms with Gasteiger partial charge in [0.15, 0.2) is 0 Å². The van der Waals surface area contributed by atoms with Crippen molar-refractivity contribution in [2.24, 2.45) is 0 Å². The highest BCUT2D eigenvalue weighted by atomic mass is 32.2. The molecule has 58 heavy (non-hydrogen) atoms. The van der Waals surface area contributed by atoms with E-state index in [1.165, 1.54) is 224 Å². The second kappa shape index (κ2) is 40.8. The van der Waals surface area contributed by atoms with E-state index in [0.717, 1.165) is 31.7 Å². The highest BCUT2D eigenvalue weighted by molar-refractivity contribution is 7.86. The number of hydrogen-bond donors (Lipinski definition) is 0. The molecule has 0 radical (unpaired) electrons. The molecule has 1 aromatic carbocycles. The Bertz CT molecular complexity index is 1150. The second-order valence-corrected chi connectivity index (χ2v) is 18.7. The van der Waals surface area contributed by atoms with Crippen LogP contribution in [0.5, 0.6) is 0 Å². The van der Waals surface area contributed by atoms with Crippen LogP contribution in [0.4, 0.5) is 5.69 Å². The molecular weight excluding hydrogens is 747 g/mol. The van der Waals surface area contributed by atoms with Gasteiger partial charge in [0.05, 0.1) is 18.1 Å². The molecule has 9 heteroatoms. The summed E-state index contributed by atoms with van der Waals surface area (Å²) in [4.78, 5) is 10.3. The van der Waals surface area contributed by atoms with E-state index in [1.54, 1.807) is 0 Å². The number of benzene rings is 1. The van der Waals surface area contributed by atoms with Crippen LogP contribution >= 0.6 is 0 Å². The van der Waals surface area contributed by atoms with E-state index < -0.39 is 21.1 Å². The lowest BCUT2D eigenvalue weighted by Gasteiger charge is -2.18. The van der Waals surface area contributed by atoms with Gasteiger partial charge in [-0.3, -0.25) is 14.3 Å². The highest BCUT2D eigenvalue weighted by Crippen LogP contribution is 2.20. The first-order valence-electron chi connectivity index (χ1n) is 24.7. The average Bonchev–Trinajstić information content (AvgIpc) is 3.22. The quantitative estimate of drug-likeness (QED) is 0.0279. The Morgan fingerprint density at radius 2 is 0.845 bits per heavy atom. The third-order valence-electron chi connectivity index (χ3n) is 11.5. The Hall–Kier alpha value is -1.55. The Kier molecular flexibility index (Phi) is 38.3. The van der Waals surface area contributed by atoms with Crippen molar-refractivity contribution >= 4 is 15.8 Å². The molecule has 0 spiro atoms. The Morgan fingerprint density at radius 3 is 1.21 bits per heavy atom. The molecule has 340 valence electrons. The number of hydrogen-bond acceptors (Lipinski definition) is 7. The maximum Gasteiger partial charge on any atom is 0.297 e. The van der Waals surface area contributed by atoms with Crippen molar-refractivity contribution in [3.63, 3.8) is 0 Å². The van der Waals surface area contributed by atoms with Gasteiger partial charge in [0.25, 0.3) is 15.8 Å². The second-order valence-electron chi connectivity index (χ2n) is 17.1. The molecule has 1 rings (SSSR count). The predicted molar refractivity (Wildman–Crippen MR) is 244 cm³/mol. The molecule has 0 aliphatic rings. The van der Waals surface area contributed by atoms with E-state index in [0.29, 0.717) is 13.2 Å². The first kappa shape index (κ1) is 54.5. The predicted octanol–water partition coefficient (Wildman–Crippen LogP) is 15.8. The number of nitrogens with zero attached hydrogens (tertiary/aromatic N) is 1. The fourth-order valence-corrected chi connectivity index (χ4v) is 8.68. The lowest BCUT2D eigenvalue weighted by atomic mass is 10.0. The molecule has 1 aromatic rings. The van der Waals surface area contributed by atoms with Gasteiger partial charge in [0.1, 0.15) is 11.0 Å². The van der Waals surface area contributed by atoms with Crippen LogP contribution in [0.3, 0.4) is 0 Å². The molecule has 0 fully saturated rings. The average molecular weight is 838 g/mol. The fourth-order valence-electron chi connectivity index (χ4n) is 7.70. The first-order valence-corrected chi connectivity index (χ1v) is 26.1. The highest BCUT2D eigenvalue weighted by Gasteiger charge is 2.21. The normalized spacial score (nSPS) is 12.4. The van der Waals surface area contributed by atoms with Gasteiger partial charge in [-0.05, 0) is 18.9 Å². The van der Waals surface area contributed by atoms with E-state index >= 15 is 0 Å². The minimum absolute atomic E-state index is 0.191. The van der Waals surface area contributed by atoms with E-state index in [2.05, 4.69) is 13.8 Å². The molecule has 8 nitrogen and oxygen atoms in total. The van der Waals surface area contributed by atoms with Gasteiger partial charge in [-0.15, -0.1) is 0 Å². The van der Waals surface area contributed by atoms with Crippen molar-refractivity contribution in [1.29, 1.82) is 0 Å². The summed E-state index contributed by atoms with van der Waals surface area (Å²) in [6.45, 7) is 5.75. The molecule has 0 aromatic heterocycles. The molecule has 0 aliphatic heterocycles. The summed E-state index contributed by atoms with van der Waals surface area (Å²) in [6.07, 6.45) is 47.2. The zero-order valence-electron chi connectivity index (χ0n) is 37.9. The molecule has 0 saturated carbocycles. The van der Waals surface area contributed by atoms with E-state index in [9.17, 15) is 18.5 Å². The number of nitro groups is 1. The van der Waals surface area contributed by atoms with Crippen molar-refractivity contribution < 1.29 is 27.0 Å². The lowest BCUT2D eigenvalue weighted by Crippen LogP contribution is -2.28. The zero-order valence-corrected chi connectivity index (χ0v) is 38.7. The number of rotatable bonds is 46. The molecule has 0 aliphatic carbocycles. The summed E-state index contributed by atoms with van der Waals surface area (Å²) in [5.74, 6) is 0. The van der Waals surface area contributed by atoms with Crippen LogP contribution in [0, 0.1) is 10.1 Å². The molecule has 1 atom stereocenters. The molecule has 0 unspecified atom stereocenters. The van der Waals surface area contributed by atoms with Gasteiger partial charge in [0, 0.05) is 25.3 Å². The molecule has 0 amide bonds. The third kappa shape index (κ3) is 34.2. The summed E-state index contributed by atoms with van der Waals surface area (Å²) in [5, 5.41) is 11.2. The van der Waals surface area contributed by atoms with E-state index in [-0.39, 0.29) is 23.8 Å². The van der Waals surface area contributed by atoms with Crippen LogP contribution in [-0.2, 0) is 23.8 Å². The molecular formula is C49H91NO7S. The third-order valence-corrected chi connectivity index (χ3v) is 12.8. The maximum absolute atomic E-state index is 12.9. The fraction of sp³-hybridized carbons (Fsp3) is 0.878. The molecule has 0 saturated heterocycles. The van der Waals surface area contributed by atoms with Crippen molar-refractivity contribution in [3.05, 3.63) is 34.4 Å². The summed E-state index contributed by atoms with van der Waals surface area (Å²) in [7, 11) is -4.18. The maximum atomic E-state index is 12.9. The van der Waals surface area contributed by atoms with Crippen molar-refractivity contribution in [2.45, 2.75) is 256 Å².